The lowest BCUT2D eigenvalue weighted by Crippen LogP contribution is -2.10. The molecule has 4 N–H and O–H groups in total. The van der Waals surface area contributed by atoms with Crippen molar-refractivity contribution in [1.29, 1.82) is 5.26 Å². The molecule has 0 saturated carbocycles. The van der Waals surface area contributed by atoms with Crippen LogP contribution in [0.25, 0.3) is 0 Å². The van der Waals surface area contributed by atoms with E-state index in [0.717, 1.165) is 5.56 Å². The number of rotatable bonds is 3. The van der Waals surface area contributed by atoms with Crippen LogP contribution in [0.2, 0.25) is 0 Å². The first-order chi connectivity index (χ1) is 9.17. The summed E-state index contributed by atoms with van der Waals surface area (Å²) in [6, 6.07) is 7.74. The van der Waals surface area contributed by atoms with Crippen LogP contribution in [0, 0.1) is 18.3 Å². The molecule has 0 atom stereocenters. The highest BCUT2D eigenvalue weighted by atomic mass is 79.9. The highest BCUT2D eigenvalue weighted by Gasteiger charge is 2.10. The Kier molecular flexibility index (Phi) is 3.94. The molecule has 0 radical (unpaired) electrons. The summed E-state index contributed by atoms with van der Waals surface area (Å²) in [5, 5.41) is 12.3. The number of benzene rings is 1. The lowest BCUT2D eigenvalue weighted by molar-refractivity contribution is 1.12. The van der Waals surface area contributed by atoms with Crippen molar-refractivity contribution in [3.63, 3.8) is 0 Å². The number of nitrogen functional groups attached to an aromatic ring is 1. The van der Waals surface area contributed by atoms with Crippen LogP contribution >= 0.6 is 15.9 Å². The fourth-order valence-corrected chi connectivity index (χ4v) is 2.02. The molecule has 0 saturated heterocycles. The molecule has 6 nitrogen and oxygen atoms in total. The van der Waals surface area contributed by atoms with Gasteiger partial charge in [-0.1, -0.05) is 12.1 Å². The van der Waals surface area contributed by atoms with Crippen LogP contribution in [0.1, 0.15) is 11.1 Å². The van der Waals surface area contributed by atoms with Crippen LogP contribution in [0.15, 0.2) is 29.0 Å². The Hall–Kier alpha value is -2.17. The van der Waals surface area contributed by atoms with Crippen LogP contribution in [-0.2, 0) is 0 Å². The quantitative estimate of drug-likeness (QED) is 0.593. The van der Waals surface area contributed by atoms with Gasteiger partial charge in [0, 0.05) is 0 Å². The minimum Gasteiger partial charge on any atom is -0.338 e. The first-order valence-electron chi connectivity index (χ1n) is 5.41. The van der Waals surface area contributed by atoms with Crippen LogP contribution in [0.5, 0.6) is 0 Å². The molecule has 7 heteroatoms. The van der Waals surface area contributed by atoms with Crippen molar-refractivity contribution in [1.82, 2.24) is 9.97 Å². The number of hydrazine groups is 1. The summed E-state index contributed by atoms with van der Waals surface area (Å²) in [5.74, 6) is 6.34. The molecule has 96 valence electrons. The minimum absolute atomic E-state index is 0.462. The maximum atomic E-state index is 9.18. The summed E-state index contributed by atoms with van der Waals surface area (Å²) >= 11 is 3.35. The highest BCUT2D eigenvalue weighted by Crippen LogP contribution is 2.30. The summed E-state index contributed by atoms with van der Waals surface area (Å²) < 4.78 is 0.600. The average molecular weight is 319 g/mol. The van der Waals surface area contributed by atoms with Gasteiger partial charge in [-0.15, -0.1) is 0 Å². The molecule has 0 fully saturated rings. The highest BCUT2D eigenvalue weighted by molar-refractivity contribution is 9.10. The van der Waals surface area contributed by atoms with E-state index in [2.05, 4.69) is 42.7 Å². The zero-order valence-electron chi connectivity index (χ0n) is 10.1. The SMILES string of the molecule is Cc1cccc(Nc2ncnc(NN)c2Br)c1C#N. The van der Waals surface area contributed by atoms with Crippen LogP contribution in [0.3, 0.4) is 0 Å². The minimum atomic E-state index is 0.462. The van der Waals surface area contributed by atoms with E-state index in [1.54, 1.807) is 0 Å². The van der Waals surface area contributed by atoms with E-state index in [9.17, 15) is 5.26 Å². The lowest BCUT2D eigenvalue weighted by atomic mass is 10.1. The monoisotopic (exact) mass is 318 g/mol. The molecule has 1 aromatic heterocycles. The molecule has 0 unspecified atom stereocenters. The normalized spacial score (nSPS) is 9.79. The number of nitrogens with zero attached hydrogens (tertiary/aromatic N) is 3. The third-order valence-corrected chi connectivity index (χ3v) is 3.32. The molecule has 2 rings (SSSR count). The number of hydrogen-bond donors (Lipinski definition) is 3. The summed E-state index contributed by atoms with van der Waals surface area (Å²) in [4.78, 5) is 8.07. The van der Waals surface area contributed by atoms with Gasteiger partial charge in [-0.25, -0.2) is 15.8 Å². The predicted octanol–water partition coefficient (Wildman–Crippen LogP) is 2.45. The van der Waals surface area contributed by atoms with Crippen molar-refractivity contribution < 1.29 is 0 Å². The van der Waals surface area contributed by atoms with Crippen LogP contribution in [0.4, 0.5) is 17.3 Å². The smallest absolute Gasteiger partial charge is 0.159 e. The van der Waals surface area contributed by atoms with Crippen molar-refractivity contribution in [3.05, 3.63) is 40.1 Å². The molecular weight excluding hydrogens is 308 g/mol. The number of hydrogen-bond acceptors (Lipinski definition) is 6. The second-order valence-electron chi connectivity index (χ2n) is 3.76. The Bertz CT molecular complexity index is 649. The predicted molar refractivity (Wildman–Crippen MR) is 76.7 cm³/mol. The second kappa shape index (κ2) is 5.65. The van der Waals surface area contributed by atoms with Crippen molar-refractivity contribution in [3.8, 4) is 6.07 Å². The van der Waals surface area contributed by atoms with Gasteiger partial charge >= 0.3 is 0 Å². The molecule has 0 bridgehead atoms. The molecule has 0 spiro atoms. The number of halogens is 1. The fraction of sp³-hybridized carbons (Fsp3) is 0.0833. The van der Waals surface area contributed by atoms with Gasteiger partial charge in [-0.3, -0.25) is 0 Å². The van der Waals surface area contributed by atoms with Gasteiger partial charge in [0.2, 0.25) is 0 Å². The standard InChI is InChI=1S/C12H11BrN6/c1-7-3-2-4-9(8(7)5-14)18-11-10(13)12(19-15)17-6-16-11/h2-4,6H,15H2,1H3,(H2,16,17,18,19). The van der Waals surface area contributed by atoms with Gasteiger partial charge in [-0.05, 0) is 34.5 Å². The molecule has 0 aliphatic heterocycles. The Balaban J connectivity index is 2.43. The average Bonchev–Trinajstić information content (AvgIpc) is 2.41. The van der Waals surface area contributed by atoms with E-state index in [4.69, 9.17) is 5.84 Å². The van der Waals surface area contributed by atoms with Gasteiger partial charge in [0.1, 0.15) is 22.7 Å². The number of nitriles is 1. The number of nitrogens with two attached hydrogens (primary N) is 1. The molecule has 0 aliphatic rings. The summed E-state index contributed by atoms with van der Waals surface area (Å²) in [6.45, 7) is 1.88. The first-order valence-corrected chi connectivity index (χ1v) is 6.20. The maximum absolute atomic E-state index is 9.18. The summed E-state index contributed by atoms with van der Waals surface area (Å²) in [7, 11) is 0. The van der Waals surface area contributed by atoms with Crippen molar-refractivity contribution in [2.24, 2.45) is 5.84 Å². The number of anilines is 3. The Morgan fingerprint density at radius 1 is 1.32 bits per heavy atom. The molecule has 0 aliphatic carbocycles. The largest absolute Gasteiger partial charge is 0.338 e. The topological polar surface area (TPSA) is 99.7 Å². The third kappa shape index (κ3) is 2.65. The Morgan fingerprint density at radius 3 is 2.74 bits per heavy atom. The van der Waals surface area contributed by atoms with E-state index < -0.39 is 0 Å². The van der Waals surface area contributed by atoms with E-state index in [1.807, 2.05) is 25.1 Å². The number of nitrogens with one attached hydrogen (secondary N) is 2. The van der Waals surface area contributed by atoms with Gasteiger partial charge < -0.3 is 10.7 Å². The third-order valence-electron chi connectivity index (χ3n) is 2.56. The molecular formula is C12H11BrN6. The summed E-state index contributed by atoms with van der Waals surface area (Å²) in [5.41, 5.74) is 4.62. The molecule has 2 aromatic rings. The van der Waals surface area contributed by atoms with Crippen molar-refractivity contribution >= 4 is 33.3 Å². The zero-order valence-corrected chi connectivity index (χ0v) is 11.7. The van der Waals surface area contributed by atoms with E-state index in [-0.39, 0.29) is 0 Å². The van der Waals surface area contributed by atoms with Crippen molar-refractivity contribution in [2.75, 3.05) is 10.7 Å². The second-order valence-corrected chi connectivity index (χ2v) is 4.56. The summed E-state index contributed by atoms with van der Waals surface area (Å²) in [6.07, 6.45) is 1.38. The Labute approximate surface area is 118 Å². The molecule has 19 heavy (non-hydrogen) atoms. The molecule has 0 amide bonds. The Morgan fingerprint density at radius 2 is 2.05 bits per heavy atom. The lowest BCUT2D eigenvalue weighted by Gasteiger charge is -2.11. The van der Waals surface area contributed by atoms with Crippen LogP contribution < -0.4 is 16.6 Å². The van der Waals surface area contributed by atoms with E-state index >= 15 is 0 Å². The zero-order chi connectivity index (χ0) is 13.8. The van der Waals surface area contributed by atoms with Gasteiger partial charge in [0.25, 0.3) is 0 Å². The fourth-order valence-electron chi connectivity index (χ4n) is 1.61. The van der Waals surface area contributed by atoms with Gasteiger partial charge in [-0.2, -0.15) is 5.26 Å². The number of aromatic nitrogens is 2. The van der Waals surface area contributed by atoms with Crippen LogP contribution in [-0.4, -0.2) is 9.97 Å². The molecule has 1 aromatic carbocycles. The number of aryl methyl sites for hydroxylation is 1. The van der Waals surface area contributed by atoms with E-state index in [1.165, 1.54) is 6.33 Å². The maximum Gasteiger partial charge on any atom is 0.159 e. The molecule has 1 heterocycles. The van der Waals surface area contributed by atoms with Gasteiger partial charge in [0.05, 0.1) is 11.3 Å². The van der Waals surface area contributed by atoms with Gasteiger partial charge in [0.15, 0.2) is 5.82 Å². The van der Waals surface area contributed by atoms with E-state index in [0.29, 0.717) is 27.4 Å². The van der Waals surface area contributed by atoms with Crippen molar-refractivity contribution in [2.45, 2.75) is 6.92 Å². The first kappa shape index (κ1) is 13.3.